The Morgan fingerprint density at radius 2 is 1.65 bits per heavy atom. The topological polar surface area (TPSA) is 86.8 Å². The van der Waals surface area contributed by atoms with Gasteiger partial charge in [-0.2, -0.15) is 0 Å². The number of hydrogen-bond acceptors (Lipinski definition) is 4. The third-order valence-electron chi connectivity index (χ3n) is 5.56. The highest BCUT2D eigenvalue weighted by Gasteiger charge is 2.35. The average molecular weight is 528 g/mol. The second-order valence-electron chi connectivity index (χ2n) is 9.48. The quantitative estimate of drug-likeness (QED) is 0.522. The van der Waals surface area contributed by atoms with E-state index in [1.807, 2.05) is 45.0 Å². The Morgan fingerprint density at radius 3 is 2.21 bits per heavy atom. The molecule has 3 rings (SSSR count). The lowest BCUT2D eigenvalue weighted by Gasteiger charge is -2.31. The molecule has 0 saturated heterocycles. The Kier molecular flexibility index (Phi) is 7.92. The molecule has 2 aromatic rings. The Hall–Kier alpha value is -3.00. The molecule has 4 amide bonds. The average Bonchev–Trinajstić information content (AvgIpc) is 3.01. The van der Waals surface area contributed by atoms with Crippen LogP contribution in [-0.4, -0.2) is 51.6 Å². The van der Waals surface area contributed by atoms with E-state index in [2.05, 4.69) is 21.2 Å². The first-order chi connectivity index (χ1) is 16.0. The van der Waals surface area contributed by atoms with E-state index in [9.17, 15) is 19.2 Å². The first-order valence-corrected chi connectivity index (χ1v) is 12.1. The molecule has 1 aliphatic rings. The van der Waals surface area contributed by atoms with Gasteiger partial charge in [-0.15, -0.1) is 0 Å². The summed E-state index contributed by atoms with van der Waals surface area (Å²) in [6.07, 6.45) is 0.418. The maximum Gasteiger partial charge on any atom is 0.261 e. The van der Waals surface area contributed by atoms with E-state index in [1.54, 1.807) is 36.1 Å². The van der Waals surface area contributed by atoms with Crippen molar-refractivity contribution in [3.63, 3.8) is 0 Å². The van der Waals surface area contributed by atoms with Gasteiger partial charge in [-0.05, 0) is 63.9 Å². The van der Waals surface area contributed by atoms with Crippen molar-refractivity contribution < 1.29 is 19.2 Å². The van der Waals surface area contributed by atoms with E-state index in [1.165, 1.54) is 4.90 Å². The molecule has 1 atom stereocenters. The number of amides is 4. The van der Waals surface area contributed by atoms with Crippen LogP contribution in [0.15, 0.2) is 53.0 Å². The summed E-state index contributed by atoms with van der Waals surface area (Å²) in [7, 11) is 0. The number of halogens is 1. The fourth-order valence-corrected chi connectivity index (χ4v) is 4.31. The monoisotopic (exact) mass is 527 g/mol. The molecule has 0 radical (unpaired) electrons. The van der Waals surface area contributed by atoms with E-state index in [-0.39, 0.29) is 43.1 Å². The minimum Gasteiger partial charge on any atom is -0.350 e. The predicted octanol–water partition coefficient (Wildman–Crippen LogP) is 4.16. The van der Waals surface area contributed by atoms with Crippen molar-refractivity contribution in [1.29, 1.82) is 0 Å². The fraction of sp³-hybridized carbons (Fsp3) is 0.385. The smallest absolute Gasteiger partial charge is 0.261 e. The van der Waals surface area contributed by atoms with E-state index >= 15 is 0 Å². The molecule has 0 bridgehead atoms. The van der Waals surface area contributed by atoms with Crippen molar-refractivity contribution in [2.45, 2.75) is 58.7 Å². The lowest BCUT2D eigenvalue weighted by molar-refractivity contribution is -0.141. The highest BCUT2D eigenvalue weighted by atomic mass is 79.9. The minimum atomic E-state index is -0.690. The normalized spacial score (nSPS) is 14.1. The number of nitrogens with one attached hydrogen (secondary N) is 1. The number of carbonyl (C=O) groups excluding carboxylic acids is 4. The SMILES string of the molecule is CC(C(=O)NC(C)(C)C)N(Cc1cccc(Br)c1)C(=O)CCCN1C(=O)c2ccccc2C1=O. The summed E-state index contributed by atoms with van der Waals surface area (Å²) in [5, 5.41) is 2.93. The largest absolute Gasteiger partial charge is 0.350 e. The van der Waals surface area contributed by atoms with Gasteiger partial charge in [-0.25, -0.2) is 0 Å². The molecule has 1 heterocycles. The second kappa shape index (κ2) is 10.5. The van der Waals surface area contributed by atoms with Gasteiger partial charge in [0.05, 0.1) is 11.1 Å². The maximum absolute atomic E-state index is 13.2. The Balaban J connectivity index is 1.69. The minimum absolute atomic E-state index is 0.106. The molecule has 1 aliphatic heterocycles. The molecular formula is C26H30BrN3O4. The molecule has 180 valence electrons. The summed E-state index contributed by atoms with van der Waals surface area (Å²) in [5.41, 5.74) is 1.24. The van der Waals surface area contributed by atoms with Gasteiger partial charge in [-0.1, -0.05) is 40.2 Å². The number of carbonyl (C=O) groups is 4. The molecule has 7 nitrogen and oxygen atoms in total. The summed E-state index contributed by atoms with van der Waals surface area (Å²) >= 11 is 3.45. The molecule has 0 aromatic heterocycles. The molecule has 8 heteroatoms. The van der Waals surface area contributed by atoms with Gasteiger partial charge < -0.3 is 10.2 Å². The van der Waals surface area contributed by atoms with E-state index in [0.717, 1.165) is 10.0 Å². The molecule has 2 aromatic carbocycles. The first kappa shape index (κ1) is 25.6. The van der Waals surface area contributed by atoms with E-state index < -0.39 is 11.6 Å². The molecule has 0 aliphatic carbocycles. The third kappa shape index (κ3) is 6.11. The van der Waals surface area contributed by atoms with Gasteiger partial charge in [0, 0.05) is 29.5 Å². The van der Waals surface area contributed by atoms with Crippen LogP contribution in [-0.2, 0) is 16.1 Å². The standard InChI is InChI=1S/C26H30BrN3O4/c1-17(23(32)28-26(2,3)4)30(16-18-9-7-10-19(27)15-18)22(31)13-8-14-29-24(33)20-11-5-6-12-21(20)25(29)34/h5-7,9-12,15,17H,8,13-14,16H2,1-4H3,(H,28,32). The highest BCUT2D eigenvalue weighted by molar-refractivity contribution is 9.10. The van der Waals surface area contributed by atoms with Gasteiger partial charge >= 0.3 is 0 Å². The van der Waals surface area contributed by atoms with Crippen LogP contribution in [0.4, 0.5) is 0 Å². The van der Waals surface area contributed by atoms with Crippen LogP contribution in [0.25, 0.3) is 0 Å². The highest BCUT2D eigenvalue weighted by Crippen LogP contribution is 2.23. The van der Waals surface area contributed by atoms with Crippen molar-refractivity contribution in [3.05, 3.63) is 69.7 Å². The van der Waals surface area contributed by atoms with Gasteiger partial charge in [-0.3, -0.25) is 24.1 Å². The summed E-state index contributed by atoms with van der Waals surface area (Å²) in [5.74, 6) is -1.13. The van der Waals surface area contributed by atoms with Crippen molar-refractivity contribution in [1.82, 2.24) is 15.1 Å². The van der Waals surface area contributed by atoms with Gasteiger partial charge in [0.1, 0.15) is 6.04 Å². The van der Waals surface area contributed by atoms with E-state index in [0.29, 0.717) is 17.5 Å². The van der Waals surface area contributed by atoms with Crippen molar-refractivity contribution in [2.24, 2.45) is 0 Å². The van der Waals surface area contributed by atoms with Crippen molar-refractivity contribution in [3.8, 4) is 0 Å². The Bertz CT molecular complexity index is 1070. The Labute approximate surface area is 208 Å². The molecular weight excluding hydrogens is 498 g/mol. The molecule has 0 fully saturated rings. The van der Waals surface area contributed by atoms with Crippen LogP contribution in [0.1, 0.15) is 66.8 Å². The maximum atomic E-state index is 13.2. The van der Waals surface area contributed by atoms with Gasteiger partial charge in [0.2, 0.25) is 11.8 Å². The number of rotatable bonds is 8. The van der Waals surface area contributed by atoms with Crippen LogP contribution in [0, 0.1) is 0 Å². The fourth-order valence-electron chi connectivity index (χ4n) is 3.86. The lowest BCUT2D eigenvalue weighted by atomic mass is 10.1. The zero-order valence-corrected chi connectivity index (χ0v) is 21.5. The molecule has 0 saturated carbocycles. The summed E-state index contributed by atoms with van der Waals surface area (Å²) in [6.45, 7) is 7.79. The number of benzene rings is 2. The zero-order valence-electron chi connectivity index (χ0n) is 19.9. The van der Waals surface area contributed by atoms with Crippen molar-refractivity contribution >= 4 is 39.6 Å². The molecule has 34 heavy (non-hydrogen) atoms. The number of fused-ring (bicyclic) bond motifs is 1. The third-order valence-corrected chi connectivity index (χ3v) is 6.05. The van der Waals surface area contributed by atoms with Crippen LogP contribution < -0.4 is 5.32 Å². The van der Waals surface area contributed by atoms with Gasteiger partial charge in [0.25, 0.3) is 11.8 Å². The first-order valence-electron chi connectivity index (χ1n) is 11.3. The van der Waals surface area contributed by atoms with Crippen LogP contribution in [0.2, 0.25) is 0 Å². The predicted molar refractivity (Wildman–Crippen MR) is 133 cm³/mol. The Morgan fingerprint density at radius 1 is 1.03 bits per heavy atom. The van der Waals surface area contributed by atoms with Crippen molar-refractivity contribution in [2.75, 3.05) is 6.54 Å². The number of nitrogens with zero attached hydrogens (tertiary/aromatic N) is 2. The summed E-state index contributed by atoms with van der Waals surface area (Å²) < 4.78 is 0.884. The zero-order chi connectivity index (χ0) is 25.0. The molecule has 0 spiro atoms. The number of imide groups is 1. The van der Waals surface area contributed by atoms with Crippen LogP contribution >= 0.6 is 15.9 Å². The van der Waals surface area contributed by atoms with Crippen LogP contribution in [0.5, 0.6) is 0 Å². The summed E-state index contributed by atoms with van der Waals surface area (Å²) in [4.78, 5) is 54.0. The molecule has 1 unspecified atom stereocenters. The lowest BCUT2D eigenvalue weighted by Crippen LogP contribution is -2.52. The number of hydrogen-bond donors (Lipinski definition) is 1. The van der Waals surface area contributed by atoms with E-state index in [4.69, 9.17) is 0 Å². The second-order valence-corrected chi connectivity index (χ2v) is 10.4. The van der Waals surface area contributed by atoms with Crippen LogP contribution in [0.3, 0.4) is 0 Å². The summed E-state index contributed by atoms with van der Waals surface area (Å²) in [6, 6.07) is 13.6. The van der Waals surface area contributed by atoms with Gasteiger partial charge in [0.15, 0.2) is 0 Å². The molecule has 1 N–H and O–H groups in total.